The molecule has 7 nitrogen and oxygen atoms in total. The average molecular weight is 789 g/mol. The van der Waals surface area contributed by atoms with Crippen LogP contribution in [0, 0.1) is 0 Å². The molecular formula is C47H85AlO7. The Labute approximate surface area is 348 Å². The van der Waals surface area contributed by atoms with Gasteiger partial charge in [-0.05, 0) is 64.2 Å². The van der Waals surface area contributed by atoms with Crippen LogP contribution >= 0.6 is 0 Å². The zero-order valence-corrected chi connectivity index (χ0v) is 37.5. The van der Waals surface area contributed by atoms with E-state index in [2.05, 4.69) is 58.6 Å². The molecule has 0 aliphatic carbocycles. The Morgan fingerprint density at radius 2 is 0.655 bits per heavy atom. The van der Waals surface area contributed by atoms with E-state index in [1.165, 1.54) is 154 Å². The summed E-state index contributed by atoms with van der Waals surface area (Å²) in [6, 6.07) is 0. The van der Waals surface area contributed by atoms with Gasteiger partial charge in [0, 0.05) is 37.6 Å². The molecule has 0 saturated carbocycles. The predicted octanol–water partition coefficient (Wildman–Crippen LogP) is 11.5. The van der Waals surface area contributed by atoms with Crippen LogP contribution in [0.15, 0.2) is 24.3 Å². The zero-order chi connectivity index (χ0) is 41.5. The molecule has 0 aromatic rings. The summed E-state index contributed by atoms with van der Waals surface area (Å²) >= 11 is 2.19. The quantitative estimate of drug-likeness (QED) is 0.0263. The van der Waals surface area contributed by atoms with Crippen LogP contribution in [0.25, 0.3) is 0 Å². The number of allylic oxidation sites excluding steroid dienone is 4. The number of carbonyl (C=O) groups is 4. The summed E-state index contributed by atoms with van der Waals surface area (Å²) in [5.74, 6) is -2.92. The van der Waals surface area contributed by atoms with Gasteiger partial charge in [-0.2, -0.15) is 0 Å². The summed E-state index contributed by atoms with van der Waals surface area (Å²) in [4.78, 5) is 42.9. The number of hydrogen-bond donors (Lipinski definition) is 0. The van der Waals surface area contributed by atoms with Crippen molar-refractivity contribution in [2.75, 3.05) is 0 Å². The minimum Gasteiger partial charge on any atom is -0.550 e. The smallest absolute Gasteiger partial charge is 0.138 e. The van der Waals surface area contributed by atoms with Gasteiger partial charge in [0.25, 0.3) is 0 Å². The van der Waals surface area contributed by atoms with Gasteiger partial charge < -0.3 is 19.8 Å². The van der Waals surface area contributed by atoms with Gasteiger partial charge in [0.15, 0.2) is 0 Å². The zero-order valence-electron chi connectivity index (χ0n) is 36.4. The molecule has 0 aliphatic heterocycles. The first-order valence-corrected chi connectivity index (χ1v) is 23.2. The molecule has 0 N–H and O–H groups in total. The van der Waals surface area contributed by atoms with Gasteiger partial charge in [0.05, 0.1) is 0 Å². The second kappa shape index (κ2) is 50.3. The van der Waals surface area contributed by atoms with E-state index in [0.717, 1.165) is 38.5 Å². The van der Waals surface area contributed by atoms with E-state index in [4.69, 9.17) is 0 Å². The Morgan fingerprint density at radius 1 is 0.436 bits per heavy atom. The summed E-state index contributed by atoms with van der Waals surface area (Å²) in [6.07, 6.45) is 47.0. The van der Waals surface area contributed by atoms with Gasteiger partial charge in [-0.1, -0.05) is 167 Å². The molecule has 0 fully saturated rings. The van der Waals surface area contributed by atoms with Crippen molar-refractivity contribution < 1.29 is 33.2 Å². The van der Waals surface area contributed by atoms with Crippen molar-refractivity contribution >= 4 is 40.1 Å². The van der Waals surface area contributed by atoms with Gasteiger partial charge in [-0.25, -0.2) is 0 Å². The maximum Gasteiger partial charge on any atom is 0.138 e. The number of rotatable bonds is 39. The first-order chi connectivity index (χ1) is 26.6. The fraction of sp³-hybridized carbons (Fsp3) is 0.830. The van der Waals surface area contributed by atoms with Gasteiger partial charge in [0.1, 0.15) is 11.6 Å². The fourth-order valence-electron chi connectivity index (χ4n) is 5.99. The van der Waals surface area contributed by atoms with E-state index >= 15 is 0 Å². The van der Waals surface area contributed by atoms with E-state index in [1.54, 1.807) is 0 Å². The summed E-state index contributed by atoms with van der Waals surface area (Å²) < 4.78 is 4.67. The first-order valence-electron chi connectivity index (χ1n) is 22.7. The standard InChI is InChI=1S/2C22H40O3.C3H7O.Al/c2*1-2-3-4-5-6-7-8-9-10-11-12-13-14-15-16-17-18-19-21(23)20-22(24)25;1-3(2)4;/h2*9-10H,2-8,11-20H2,1H3,(H,24,25);3H,1-2H3;/q;;-1;+3/p-2/b2*10-9-;;. The molecule has 0 amide bonds. The van der Waals surface area contributed by atoms with E-state index < -0.39 is 24.8 Å². The average Bonchev–Trinajstić information content (AvgIpc) is 3.14. The molecule has 0 saturated heterocycles. The normalized spacial score (nSPS) is 11.1. The topological polar surface area (TPSA) is 124 Å². The molecule has 318 valence electrons. The molecule has 0 unspecified atom stereocenters. The van der Waals surface area contributed by atoms with Crippen molar-refractivity contribution in [2.45, 2.75) is 252 Å². The maximum atomic E-state index is 11.2. The molecule has 55 heavy (non-hydrogen) atoms. The summed E-state index contributed by atoms with van der Waals surface area (Å²) in [5, 5.41) is 20.5. The molecule has 0 heterocycles. The van der Waals surface area contributed by atoms with Gasteiger partial charge in [0.2, 0.25) is 0 Å². The Bertz CT molecular complexity index is 832. The van der Waals surface area contributed by atoms with Gasteiger partial charge >= 0.3 is 40.4 Å². The van der Waals surface area contributed by atoms with Crippen LogP contribution in [0.3, 0.4) is 0 Å². The molecule has 0 radical (unpaired) electrons. The van der Waals surface area contributed by atoms with E-state index in [0.29, 0.717) is 18.9 Å². The molecular weight excluding hydrogens is 703 g/mol. The number of unbranched alkanes of at least 4 members (excludes halogenated alkanes) is 26. The number of Topliss-reactive ketones (excluding diaryl/α,β-unsaturated/α-hetero) is 2. The van der Waals surface area contributed by atoms with E-state index in [1.807, 2.05) is 13.8 Å². The molecule has 8 heteroatoms. The molecule has 0 aromatic carbocycles. The minimum atomic E-state index is -1.26. The van der Waals surface area contributed by atoms with Crippen LogP contribution in [0.4, 0.5) is 0 Å². The second-order valence-corrected chi connectivity index (χ2v) is 15.7. The minimum absolute atomic E-state index is 0.201. The number of ketones is 2. The van der Waals surface area contributed by atoms with Crippen LogP contribution < -0.4 is 10.2 Å². The van der Waals surface area contributed by atoms with Gasteiger partial charge in [-0.3, -0.25) is 9.59 Å². The number of hydrogen-bond acceptors (Lipinski definition) is 7. The third-order valence-corrected chi connectivity index (χ3v) is 9.93. The SMILES string of the molecule is CC(C)[O][Al+2].CCCCCCCC/C=C\CCCCCCCCCC(=O)CC(=O)[O-].CCCCCCCC/C=C\CCCCCCCCCC(=O)CC(=O)[O-]. The molecule has 0 rings (SSSR count). The molecule has 0 bridgehead atoms. The number of aliphatic carboxylic acids is 2. The van der Waals surface area contributed by atoms with E-state index in [9.17, 15) is 29.4 Å². The van der Waals surface area contributed by atoms with Gasteiger partial charge in [-0.15, -0.1) is 0 Å². The largest absolute Gasteiger partial charge is 0.550 e. The Kier molecular flexibility index (Phi) is 52.6. The Morgan fingerprint density at radius 3 is 0.873 bits per heavy atom. The Hall–Kier alpha value is -1.75. The van der Waals surface area contributed by atoms with Crippen molar-refractivity contribution in [3.63, 3.8) is 0 Å². The Balaban J connectivity index is -0.000000874. The maximum absolute atomic E-state index is 11.2. The summed E-state index contributed by atoms with van der Waals surface area (Å²) in [6.45, 7) is 8.47. The third kappa shape index (κ3) is 61.7. The van der Waals surface area contributed by atoms with Crippen molar-refractivity contribution in [3.8, 4) is 0 Å². The fourth-order valence-corrected chi connectivity index (χ4v) is 5.99. The van der Waals surface area contributed by atoms with Crippen LogP contribution in [0.2, 0.25) is 0 Å². The molecule has 0 atom stereocenters. The summed E-state index contributed by atoms with van der Waals surface area (Å²) in [7, 11) is 0. The van der Waals surface area contributed by atoms with E-state index in [-0.39, 0.29) is 11.6 Å². The first kappa shape index (κ1) is 57.6. The van der Waals surface area contributed by atoms with Crippen molar-refractivity contribution in [1.82, 2.24) is 0 Å². The van der Waals surface area contributed by atoms with Crippen molar-refractivity contribution in [2.24, 2.45) is 0 Å². The molecule has 0 aromatic heterocycles. The summed E-state index contributed by atoms with van der Waals surface area (Å²) in [5.41, 5.74) is 0. The monoisotopic (exact) mass is 789 g/mol. The molecule has 0 aliphatic rings. The van der Waals surface area contributed by atoms with Crippen LogP contribution in [0.5, 0.6) is 0 Å². The number of carboxylic acid groups (broad SMARTS) is 2. The predicted molar refractivity (Wildman–Crippen MR) is 229 cm³/mol. The van der Waals surface area contributed by atoms with Crippen LogP contribution in [-0.2, 0) is 23.0 Å². The number of carboxylic acids is 2. The third-order valence-electron chi connectivity index (χ3n) is 9.39. The second-order valence-electron chi connectivity index (χ2n) is 15.4. The molecule has 0 spiro atoms. The van der Waals surface area contributed by atoms with Crippen LogP contribution in [-0.4, -0.2) is 46.2 Å². The van der Waals surface area contributed by atoms with Crippen molar-refractivity contribution in [3.05, 3.63) is 24.3 Å². The van der Waals surface area contributed by atoms with Crippen molar-refractivity contribution in [1.29, 1.82) is 0 Å². The number of carbonyl (C=O) groups excluding carboxylic acids is 4. The van der Waals surface area contributed by atoms with Crippen LogP contribution in [0.1, 0.15) is 246 Å².